The van der Waals surface area contributed by atoms with Crippen molar-refractivity contribution in [2.75, 3.05) is 0 Å². The zero-order valence-electron chi connectivity index (χ0n) is 4.64. The van der Waals surface area contributed by atoms with Gasteiger partial charge in [0.15, 0.2) is 0 Å². The average molecular weight is 345 g/mol. The summed E-state index contributed by atoms with van der Waals surface area (Å²) in [6.07, 6.45) is 3.75. The Bertz CT molecular complexity index is 200. The molecule has 9 heavy (non-hydrogen) atoms. The summed E-state index contributed by atoms with van der Waals surface area (Å²) in [7, 11) is 0. The molecule has 1 nitrogen and oxygen atoms in total. The Morgan fingerprint density at radius 2 is 2.22 bits per heavy atom. The first-order valence-electron chi connectivity index (χ1n) is 2.48. The van der Waals surface area contributed by atoms with Crippen molar-refractivity contribution in [2.45, 2.75) is 4.43 Å². The van der Waals surface area contributed by atoms with E-state index in [0.29, 0.717) is 0 Å². The lowest BCUT2D eigenvalue weighted by Gasteiger charge is -1.92. The molecular weight excluding hydrogens is 340 g/mol. The Balaban J connectivity index is 2.94. The molecule has 1 heterocycles. The molecule has 0 aliphatic carbocycles. The van der Waals surface area contributed by atoms with Crippen molar-refractivity contribution in [3.63, 3.8) is 0 Å². The van der Waals surface area contributed by atoms with Crippen LogP contribution in [0.15, 0.2) is 18.5 Å². The number of rotatable bonds is 1. The van der Waals surface area contributed by atoms with Gasteiger partial charge in [0, 0.05) is 20.4 Å². The van der Waals surface area contributed by atoms with Crippen molar-refractivity contribution in [3.8, 4) is 0 Å². The molecule has 0 spiro atoms. The topological polar surface area (TPSA) is 12.9 Å². The van der Waals surface area contributed by atoms with E-state index in [9.17, 15) is 0 Å². The lowest BCUT2D eigenvalue weighted by atomic mass is 10.3. The molecule has 1 rings (SSSR count). The molecular formula is C6H5I2N. The molecule has 0 bridgehead atoms. The van der Waals surface area contributed by atoms with Crippen molar-refractivity contribution < 1.29 is 0 Å². The maximum atomic E-state index is 4.04. The molecule has 0 aliphatic rings. The standard InChI is InChI=1S/C6H5I2N/c7-2-5-1-6(8)4-9-3-5/h1,3-4H,2H2. The van der Waals surface area contributed by atoms with Crippen molar-refractivity contribution in [2.24, 2.45) is 0 Å². The fourth-order valence-corrected chi connectivity index (χ4v) is 1.51. The second-order valence-corrected chi connectivity index (χ2v) is 3.65. The minimum absolute atomic E-state index is 1.04. The van der Waals surface area contributed by atoms with Crippen LogP contribution in [0.25, 0.3) is 0 Å². The first-order valence-corrected chi connectivity index (χ1v) is 5.09. The SMILES string of the molecule is ICc1cncc(I)c1. The van der Waals surface area contributed by atoms with Crippen molar-refractivity contribution >= 4 is 45.2 Å². The third-order valence-corrected chi connectivity index (χ3v) is 2.39. The maximum Gasteiger partial charge on any atom is 0.0401 e. The highest BCUT2D eigenvalue weighted by molar-refractivity contribution is 14.1. The molecule has 3 heteroatoms. The van der Waals surface area contributed by atoms with E-state index >= 15 is 0 Å². The second kappa shape index (κ2) is 3.70. The van der Waals surface area contributed by atoms with Crippen LogP contribution in [0.2, 0.25) is 0 Å². The van der Waals surface area contributed by atoms with Crippen LogP contribution in [-0.2, 0) is 4.43 Å². The Labute approximate surface area is 81.5 Å². The monoisotopic (exact) mass is 345 g/mol. The summed E-state index contributed by atoms with van der Waals surface area (Å²) in [5, 5.41) is 0. The Kier molecular flexibility index (Phi) is 3.17. The van der Waals surface area contributed by atoms with E-state index in [-0.39, 0.29) is 0 Å². The van der Waals surface area contributed by atoms with Gasteiger partial charge in [-0.1, -0.05) is 22.6 Å². The molecule has 0 saturated carbocycles. The number of aromatic nitrogens is 1. The van der Waals surface area contributed by atoms with Crippen molar-refractivity contribution in [1.29, 1.82) is 0 Å². The summed E-state index contributed by atoms with van der Waals surface area (Å²) in [5.41, 5.74) is 1.29. The normalized spacial score (nSPS) is 9.56. The highest BCUT2D eigenvalue weighted by Gasteiger charge is 1.89. The minimum atomic E-state index is 1.04. The van der Waals surface area contributed by atoms with Gasteiger partial charge < -0.3 is 0 Å². The van der Waals surface area contributed by atoms with Gasteiger partial charge in [0.05, 0.1) is 0 Å². The zero-order chi connectivity index (χ0) is 6.69. The zero-order valence-corrected chi connectivity index (χ0v) is 8.96. The molecule has 0 aliphatic heterocycles. The fraction of sp³-hybridized carbons (Fsp3) is 0.167. The van der Waals surface area contributed by atoms with Crippen LogP contribution in [0.4, 0.5) is 0 Å². The molecule has 1 aromatic rings. The van der Waals surface area contributed by atoms with Crippen LogP contribution in [0, 0.1) is 3.57 Å². The second-order valence-electron chi connectivity index (χ2n) is 1.65. The molecule has 0 N–H and O–H groups in total. The third kappa shape index (κ3) is 2.37. The highest BCUT2D eigenvalue weighted by atomic mass is 127. The van der Waals surface area contributed by atoms with Gasteiger partial charge in [-0.2, -0.15) is 0 Å². The largest absolute Gasteiger partial charge is 0.263 e. The number of halogens is 2. The molecule has 48 valence electrons. The average Bonchev–Trinajstić information content (AvgIpc) is 1.88. The first-order chi connectivity index (χ1) is 4.33. The van der Waals surface area contributed by atoms with E-state index in [1.807, 2.05) is 12.4 Å². The number of pyridine rings is 1. The third-order valence-electron chi connectivity index (χ3n) is 0.916. The Morgan fingerprint density at radius 3 is 2.67 bits per heavy atom. The summed E-state index contributed by atoms with van der Waals surface area (Å²) in [5.74, 6) is 0. The van der Waals surface area contributed by atoms with E-state index in [1.54, 1.807) is 0 Å². The molecule has 0 radical (unpaired) electrons. The number of alkyl halides is 1. The van der Waals surface area contributed by atoms with Gasteiger partial charge >= 0.3 is 0 Å². The van der Waals surface area contributed by atoms with Crippen LogP contribution in [0.5, 0.6) is 0 Å². The van der Waals surface area contributed by atoms with Crippen LogP contribution in [-0.4, -0.2) is 4.98 Å². The predicted molar refractivity (Wildman–Crippen MR) is 54.7 cm³/mol. The van der Waals surface area contributed by atoms with Crippen LogP contribution >= 0.6 is 45.2 Å². The number of nitrogens with zero attached hydrogens (tertiary/aromatic N) is 1. The molecule has 0 atom stereocenters. The number of hydrogen-bond donors (Lipinski definition) is 0. The van der Waals surface area contributed by atoms with Gasteiger partial charge in [-0.15, -0.1) is 0 Å². The van der Waals surface area contributed by atoms with E-state index in [0.717, 1.165) is 4.43 Å². The van der Waals surface area contributed by atoms with E-state index in [2.05, 4.69) is 56.2 Å². The van der Waals surface area contributed by atoms with Crippen molar-refractivity contribution in [1.82, 2.24) is 4.98 Å². The number of hydrogen-bond acceptors (Lipinski definition) is 1. The van der Waals surface area contributed by atoms with E-state index < -0.39 is 0 Å². The minimum Gasteiger partial charge on any atom is -0.263 e. The fourth-order valence-electron chi connectivity index (χ4n) is 0.529. The quantitative estimate of drug-likeness (QED) is 0.564. The molecule has 1 aromatic heterocycles. The summed E-state index contributed by atoms with van der Waals surface area (Å²) in [6.45, 7) is 0. The van der Waals surface area contributed by atoms with Gasteiger partial charge in [0.2, 0.25) is 0 Å². The highest BCUT2D eigenvalue weighted by Crippen LogP contribution is 2.08. The molecule has 0 amide bonds. The van der Waals surface area contributed by atoms with Crippen LogP contribution in [0.3, 0.4) is 0 Å². The summed E-state index contributed by atoms with van der Waals surface area (Å²) >= 11 is 4.59. The van der Waals surface area contributed by atoms with Crippen LogP contribution in [0.1, 0.15) is 5.56 Å². The lowest BCUT2D eigenvalue weighted by Crippen LogP contribution is -1.80. The summed E-state index contributed by atoms with van der Waals surface area (Å²) < 4.78 is 2.25. The lowest BCUT2D eigenvalue weighted by molar-refractivity contribution is 1.24. The maximum absolute atomic E-state index is 4.04. The van der Waals surface area contributed by atoms with Crippen LogP contribution < -0.4 is 0 Å². The summed E-state index contributed by atoms with van der Waals surface area (Å²) in [6, 6.07) is 2.14. The van der Waals surface area contributed by atoms with E-state index in [1.165, 1.54) is 9.13 Å². The Hall–Kier alpha value is 0.610. The van der Waals surface area contributed by atoms with Gasteiger partial charge in [0.1, 0.15) is 0 Å². The van der Waals surface area contributed by atoms with Crippen molar-refractivity contribution in [3.05, 3.63) is 27.6 Å². The molecule has 0 fully saturated rings. The van der Waals surface area contributed by atoms with Gasteiger partial charge in [-0.25, -0.2) is 0 Å². The van der Waals surface area contributed by atoms with E-state index in [4.69, 9.17) is 0 Å². The smallest absolute Gasteiger partial charge is 0.0401 e. The van der Waals surface area contributed by atoms with Gasteiger partial charge in [-0.3, -0.25) is 4.98 Å². The molecule has 0 aromatic carbocycles. The predicted octanol–water partition coefficient (Wildman–Crippen LogP) is 2.62. The first kappa shape index (κ1) is 7.71. The Morgan fingerprint density at radius 1 is 1.44 bits per heavy atom. The van der Waals surface area contributed by atoms with Gasteiger partial charge in [-0.05, 0) is 34.2 Å². The summed E-state index contributed by atoms with van der Waals surface area (Å²) in [4.78, 5) is 4.04. The molecule has 0 unspecified atom stereocenters. The van der Waals surface area contributed by atoms with Gasteiger partial charge in [0.25, 0.3) is 0 Å². The molecule has 0 saturated heterocycles.